The first-order chi connectivity index (χ1) is 15.7. The smallest absolute Gasteiger partial charge is 0.303 e. The van der Waals surface area contributed by atoms with Gasteiger partial charge in [0.1, 0.15) is 12.2 Å². The van der Waals surface area contributed by atoms with E-state index in [9.17, 15) is 9.59 Å². The van der Waals surface area contributed by atoms with Crippen molar-refractivity contribution in [1.29, 1.82) is 0 Å². The van der Waals surface area contributed by atoms with Crippen LogP contribution in [0.1, 0.15) is 22.2 Å². The van der Waals surface area contributed by atoms with Gasteiger partial charge in [0.25, 0.3) is 0 Å². The topological polar surface area (TPSA) is 89.5 Å². The minimum Gasteiger partial charge on any atom is -0.457 e. The molecule has 0 saturated carbocycles. The lowest BCUT2D eigenvalue weighted by atomic mass is 9.98. The van der Waals surface area contributed by atoms with Crippen molar-refractivity contribution in [2.75, 3.05) is 19.8 Å². The Labute approximate surface area is 185 Å². The third-order valence-corrected chi connectivity index (χ3v) is 4.32. The van der Waals surface area contributed by atoms with Gasteiger partial charge in [0.15, 0.2) is 18.5 Å². The molecule has 0 aliphatic carbocycles. The SMILES string of the molecule is [2H]C(=C)COC[C@H]1OC(OCc2ccccc2)[C@H](OC(C)=O)[C@@H](OCC([2H])=C)[C@H]1OC(C)=O. The van der Waals surface area contributed by atoms with Crippen LogP contribution in [0.2, 0.25) is 0 Å². The summed E-state index contributed by atoms with van der Waals surface area (Å²) < 4.78 is 49.2. The van der Waals surface area contributed by atoms with Crippen LogP contribution in [0.15, 0.2) is 55.6 Å². The van der Waals surface area contributed by atoms with Gasteiger partial charge in [0, 0.05) is 13.8 Å². The number of ether oxygens (including phenoxy) is 6. The summed E-state index contributed by atoms with van der Waals surface area (Å²) in [5.74, 6) is -1.22. The first-order valence-electron chi connectivity index (χ1n) is 10.8. The van der Waals surface area contributed by atoms with E-state index in [4.69, 9.17) is 31.2 Å². The molecule has 170 valence electrons. The van der Waals surface area contributed by atoms with Crippen molar-refractivity contribution in [3.05, 3.63) is 61.2 Å². The predicted octanol–water partition coefficient (Wildman–Crippen LogP) is 2.57. The van der Waals surface area contributed by atoms with Crippen molar-refractivity contribution < 1.29 is 40.8 Å². The molecular weight excluding hydrogens is 404 g/mol. The summed E-state index contributed by atoms with van der Waals surface area (Å²) in [5.41, 5.74) is 0.861. The molecule has 0 aromatic heterocycles. The number of carbonyl (C=O) groups is 2. The van der Waals surface area contributed by atoms with E-state index < -0.39 is 42.6 Å². The van der Waals surface area contributed by atoms with Crippen molar-refractivity contribution in [2.24, 2.45) is 0 Å². The number of rotatable bonds is 12. The molecule has 2 rings (SSSR count). The summed E-state index contributed by atoms with van der Waals surface area (Å²) in [5, 5.41) is 0. The van der Waals surface area contributed by atoms with Crippen LogP contribution < -0.4 is 0 Å². The fourth-order valence-electron chi connectivity index (χ4n) is 3.14. The first kappa shape index (κ1) is 21.7. The van der Waals surface area contributed by atoms with Crippen molar-refractivity contribution in [3.63, 3.8) is 0 Å². The standard InChI is InChI=1S/C23H30O8/c1-5-12-26-15-19-20(29-16(3)24)21(27-13-6-2)22(30-17(4)25)23(31-19)28-14-18-10-8-7-9-11-18/h5-11,19-23H,1-2,12-15H2,3-4H3/t19-,20+,21+,22-,23?/m1/s1/i5D,6D. The first-order valence-corrected chi connectivity index (χ1v) is 9.81. The molecule has 1 unspecified atom stereocenters. The lowest BCUT2D eigenvalue weighted by Gasteiger charge is -2.44. The van der Waals surface area contributed by atoms with Crippen LogP contribution in [0.5, 0.6) is 0 Å². The summed E-state index contributed by atoms with van der Waals surface area (Å²) >= 11 is 0. The average molecular weight is 436 g/mol. The van der Waals surface area contributed by atoms with Gasteiger partial charge in [-0.05, 0) is 5.56 Å². The zero-order valence-corrected chi connectivity index (χ0v) is 17.8. The summed E-state index contributed by atoms with van der Waals surface area (Å²) in [7, 11) is 0. The van der Waals surface area contributed by atoms with Gasteiger partial charge in [-0.1, -0.05) is 42.4 Å². The highest BCUT2D eigenvalue weighted by atomic mass is 16.7. The predicted molar refractivity (Wildman–Crippen MR) is 112 cm³/mol. The van der Waals surface area contributed by atoms with Crippen LogP contribution in [-0.4, -0.2) is 62.5 Å². The van der Waals surface area contributed by atoms with E-state index in [-0.39, 0.29) is 38.5 Å². The van der Waals surface area contributed by atoms with Gasteiger partial charge >= 0.3 is 11.9 Å². The lowest BCUT2D eigenvalue weighted by molar-refractivity contribution is -0.314. The Morgan fingerprint density at radius 2 is 1.65 bits per heavy atom. The molecule has 8 heteroatoms. The van der Waals surface area contributed by atoms with E-state index >= 15 is 0 Å². The molecule has 1 fully saturated rings. The molecule has 1 aromatic carbocycles. The largest absolute Gasteiger partial charge is 0.457 e. The minimum absolute atomic E-state index is 0.0234. The van der Waals surface area contributed by atoms with Gasteiger partial charge in [-0.2, -0.15) is 0 Å². The molecule has 0 radical (unpaired) electrons. The van der Waals surface area contributed by atoms with E-state index in [0.29, 0.717) is 0 Å². The zero-order chi connectivity index (χ0) is 24.4. The number of carbonyl (C=O) groups excluding carboxylic acids is 2. The maximum Gasteiger partial charge on any atom is 0.303 e. The van der Waals surface area contributed by atoms with Gasteiger partial charge in [0.05, 0.1) is 29.2 Å². The second-order valence-electron chi connectivity index (χ2n) is 6.78. The monoisotopic (exact) mass is 436 g/mol. The molecule has 5 atom stereocenters. The van der Waals surface area contributed by atoms with Crippen LogP contribution in [0.25, 0.3) is 0 Å². The Hall–Kier alpha value is -2.52. The summed E-state index contributed by atoms with van der Waals surface area (Å²) in [6.45, 7) is 9.26. The van der Waals surface area contributed by atoms with E-state index in [2.05, 4.69) is 13.2 Å². The third kappa shape index (κ3) is 7.91. The van der Waals surface area contributed by atoms with E-state index in [1.54, 1.807) is 0 Å². The highest BCUT2D eigenvalue weighted by Crippen LogP contribution is 2.30. The summed E-state index contributed by atoms with van der Waals surface area (Å²) in [6, 6.07) is 9.35. The molecule has 8 nitrogen and oxygen atoms in total. The summed E-state index contributed by atoms with van der Waals surface area (Å²) in [6.07, 6.45) is -5.12. The normalized spacial score (nSPS) is 26.3. The van der Waals surface area contributed by atoms with E-state index in [1.807, 2.05) is 30.3 Å². The van der Waals surface area contributed by atoms with Crippen LogP contribution in [0, 0.1) is 0 Å². The highest BCUT2D eigenvalue weighted by Gasteiger charge is 2.51. The van der Waals surface area contributed by atoms with Gasteiger partial charge in [0.2, 0.25) is 0 Å². The fourth-order valence-corrected chi connectivity index (χ4v) is 3.14. The molecule has 31 heavy (non-hydrogen) atoms. The van der Waals surface area contributed by atoms with Crippen LogP contribution in [0.3, 0.4) is 0 Å². The van der Waals surface area contributed by atoms with Gasteiger partial charge in [-0.25, -0.2) is 0 Å². The average Bonchev–Trinajstić information content (AvgIpc) is 2.73. The summed E-state index contributed by atoms with van der Waals surface area (Å²) in [4.78, 5) is 23.7. The van der Waals surface area contributed by atoms with E-state index in [1.165, 1.54) is 13.8 Å². The van der Waals surface area contributed by atoms with Crippen molar-refractivity contribution >= 4 is 11.9 Å². The lowest BCUT2D eigenvalue weighted by Crippen LogP contribution is -2.62. The third-order valence-electron chi connectivity index (χ3n) is 4.32. The van der Waals surface area contributed by atoms with Crippen LogP contribution in [0.4, 0.5) is 0 Å². The Morgan fingerprint density at radius 3 is 2.26 bits per heavy atom. The quantitative estimate of drug-likeness (QED) is 0.365. The molecule has 0 amide bonds. The Balaban J connectivity index is 2.33. The Bertz CT molecular complexity index is 816. The molecule has 0 spiro atoms. The van der Waals surface area contributed by atoms with Gasteiger partial charge in [-0.3, -0.25) is 9.59 Å². The number of esters is 2. The molecule has 0 bridgehead atoms. The Kier molecular flexibility index (Phi) is 9.11. The van der Waals surface area contributed by atoms with Crippen LogP contribution in [-0.2, 0) is 44.6 Å². The Morgan fingerprint density at radius 1 is 1.00 bits per heavy atom. The molecule has 1 heterocycles. The molecule has 1 aliphatic heterocycles. The molecular formula is C23H30O8. The van der Waals surface area contributed by atoms with Gasteiger partial charge < -0.3 is 28.4 Å². The van der Waals surface area contributed by atoms with Crippen LogP contribution >= 0.6 is 0 Å². The molecule has 1 aromatic rings. The number of hydrogen-bond acceptors (Lipinski definition) is 8. The van der Waals surface area contributed by atoms with Crippen molar-refractivity contribution in [3.8, 4) is 0 Å². The zero-order valence-electron chi connectivity index (χ0n) is 19.8. The van der Waals surface area contributed by atoms with Crippen molar-refractivity contribution in [1.82, 2.24) is 0 Å². The number of benzene rings is 1. The molecule has 1 aliphatic rings. The highest BCUT2D eigenvalue weighted by molar-refractivity contribution is 5.67. The van der Waals surface area contributed by atoms with Gasteiger partial charge in [-0.15, -0.1) is 13.2 Å². The second kappa shape index (κ2) is 13.0. The molecule has 0 N–H and O–H groups in total. The second-order valence-corrected chi connectivity index (χ2v) is 6.78. The maximum atomic E-state index is 11.9. The minimum atomic E-state index is -1.10. The fraction of sp³-hybridized carbons (Fsp3) is 0.478. The maximum absolute atomic E-state index is 11.9. The number of hydrogen-bond donors (Lipinski definition) is 0. The van der Waals surface area contributed by atoms with Crippen molar-refractivity contribution in [2.45, 2.75) is 51.2 Å². The molecule has 1 saturated heterocycles. The van der Waals surface area contributed by atoms with E-state index in [0.717, 1.165) is 5.56 Å².